The van der Waals surface area contributed by atoms with Gasteiger partial charge in [-0.3, -0.25) is 25.0 Å². The summed E-state index contributed by atoms with van der Waals surface area (Å²) in [4.78, 5) is 26.3. The number of aliphatic imine (C=N–C) groups is 5. The smallest absolute Gasteiger partial charge is 0.149 e. The molecule has 0 amide bonds. The quantitative estimate of drug-likeness (QED) is 0.0480. The summed E-state index contributed by atoms with van der Waals surface area (Å²) in [6.07, 6.45) is 8.48. The number of benzene rings is 5. The van der Waals surface area contributed by atoms with Gasteiger partial charge in [0, 0.05) is 58.9 Å². The number of nitrogens with zero attached hydrogens (tertiary/aromatic N) is 5. The molecule has 5 N–H and O–H groups in total. The van der Waals surface area contributed by atoms with E-state index in [1.165, 1.54) is 0 Å². The molecule has 10 bridgehead atoms. The van der Waals surface area contributed by atoms with Gasteiger partial charge in [0.15, 0.2) is 0 Å². The summed E-state index contributed by atoms with van der Waals surface area (Å²) in [7, 11) is -12.4. The van der Waals surface area contributed by atoms with Crippen LogP contribution in [-0.4, -0.2) is 97.0 Å². The summed E-state index contributed by atoms with van der Waals surface area (Å²) in [6.45, 7) is 69.9. The molecule has 0 radical (unpaired) electrons. The van der Waals surface area contributed by atoms with Crippen LogP contribution >= 0.6 is 0 Å². The van der Waals surface area contributed by atoms with Crippen LogP contribution in [0.1, 0.15) is 236 Å². The predicted octanol–water partition coefficient (Wildman–Crippen LogP) is 21.7. The number of hydrogen-bond acceptors (Lipinski definition) is 10. The van der Waals surface area contributed by atoms with E-state index in [1.54, 1.807) is 31.1 Å². The third-order valence-corrected chi connectivity index (χ3v) is 59.2. The van der Waals surface area contributed by atoms with Crippen molar-refractivity contribution >= 4 is 126 Å². The number of hydrogen-bond donors (Lipinski definition) is 5. The van der Waals surface area contributed by atoms with E-state index in [0.717, 1.165) is 25.9 Å². The van der Waals surface area contributed by atoms with Crippen LogP contribution in [-0.2, 0) is 0 Å². The number of phenols is 5. The maximum absolute atomic E-state index is 12.9. The molecule has 0 saturated carbocycles. The average Bonchev–Trinajstić information content (AvgIpc) is 0.791. The zero-order valence-corrected chi connectivity index (χ0v) is 69.3. The molecule has 1 heterocycles. The summed E-state index contributed by atoms with van der Waals surface area (Å²) in [5, 5.41) is 70.1. The number of fused-ring (bicyclic) bond motifs is 10. The molecule has 0 aliphatic carbocycles. The lowest BCUT2D eigenvalue weighted by Crippen LogP contribution is -2.55. The highest BCUT2D eigenvalue weighted by molar-refractivity contribution is 6.97. The number of aromatic hydroxyl groups is 5. The molecular weight excluding hydrogens is 1250 g/mol. The van der Waals surface area contributed by atoms with Gasteiger partial charge >= 0.3 is 0 Å². The van der Waals surface area contributed by atoms with E-state index in [4.69, 9.17) is 25.0 Å². The van der Waals surface area contributed by atoms with Gasteiger partial charge in [0.2, 0.25) is 0 Å². The molecule has 0 spiro atoms. The lowest BCUT2D eigenvalue weighted by Gasteiger charge is -2.44. The van der Waals surface area contributed by atoms with E-state index in [-0.39, 0.29) is 28.7 Å². The van der Waals surface area contributed by atoms with Crippen LogP contribution in [0.25, 0.3) is 0 Å². The predicted molar refractivity (Wildman–Crippen MR) is 430 cm³/mol. The highest BCUT2D eigenvalue weighted by Gasteiger charge is 2.50. The molecule has 0 aromatic heterocycles. The van der Waals surface area contributed by atoms with E-state index in [1.807, 2.05) is 0 Å². The SMILES string of the molecule is CC(C)[Si](c1cc2c(O)c(c1)N=Cc1cc([Si](C(C)C)(C(C)C)C(C)C)cc(c1O)N=Cc1cc([Si](C(C)C)(C(C)C)C(C)C)cc(c1O)N=Cc1cc([Si](C(C)C)(C(C)C)C(C)C)cc(c1O)N=Cc1cc([Si](C(C)C)(C(C)C)C(C)C)cc(c1O)N=C2)(C(C)C)C(C)C. The minimum absolute atomic E-state index is 0.0672. The summed E-state index contributed by atoms with van der Waals surface area (Å²) in [6, 6.07) is 21.0. The topological polar surface area (TPSA) is 163 Å². The standard InChI is InChI=1S/C80H125N5O5Si5/c1-46(2)91(47(3)4,48(5)6)66-31-61-41-82-72-37-68(93(52(13)14,53(15)16)54(17)18)33-63(78(72)88)43-84-74-39-70(95(58(25)26,59(27)28)60(29)30)35-65(80(74)90)45-85-75-40-69(94(55(19)20,56(21)22)57(23)24)34-64(79(75)89)44-83-73-38-67(92(49(7)8,50(9)10)51(11)12)32-62(77(73)87)42-81-71(36-66)76(61)86/h31-60,86-90H,1-30H3. The van der Waals surface area contributed by atoms with Crippen LogP contribution < -0.4 is 25.9 Å². The van der Waals surface area contributed by atoms with Crippen LogP contribution in [0.15, 0.2) is 85.6 Å². The molecule has 0 fully saturated rings. The van der Waals surface area contributed by atoms with Crippen molar-refractivity contribution in [2.24, 2.45) is 25.0 Å². The fraction of sp³-hybridized carbons (Fsp3) is 0.562. The average molecular weight is 1380 g/mol. The zero-order chi connectivity index (χ0) is 71.8. The van der Waals surface area contributed by atoms with E-state index >= 15 is 0 Å². The third-order valence-electron chi connectivity index (χ3n) is 24.1. The zero-order valence-electron chi connectivity index (χ0n) is 64.3. The summed E-state index contributed by atoms with van der Waals surface area (Å²) in [5.74, 6) is -0.336. The Balaban J connectivity index is 1.97. The molecule has 0 atom stereocenters. The van der Waals surface area contributed by atoms with E-state index < -0.39 is 40.4 Å². The van der Waals surface area contributed by atoms with Crippen LogP contribution in [0.5, 0.6) is 28.7 Å². The van der Waals surface area contributed by atoms with Crippen molar-refractivity contribution in [3.05, 3.63) is 88.5 Å². The van der Waals surface area contributed by atoms with Crippen molar-refractivity contribution in [2.75, 3.05) is 0 Å². The van der Waals surface area contributed by atoms with Crippen LogP contribution in [0, 0.1) is 0 Å². The first kappa shape index (κ1) is 78.5. The second-order valence-electron chi connectivity index (χ2n) is 32.9. The maximum atomic E-state index is 12.9. The van der Waals surface area contributed by atoms with Gasteiger partial charge in [0.1, 0.15) is 57.2 Å². The highest BCUT2D eigenvalue weighted by atomic mass is 28.3. The molecule has 1 aliphatic rings. The molecule has 15 heteroatoms. The monoisotopic (exact) mass is 1380 g/mol. The van der Waals surface area contributed by atoms with Gasteiger partial charge in [-0.15, -0.1) is 0 Å². The minimum atomic E-state index is -2.47. The van der Waals surface area contributed by atoms with Crippen molar-refractivity contribution in [1.82, 2.24) is 0 Å². The summed E-state index contributed by atoms with van der Waals surface area (Å²) < 4.78 is 0. The van der Waals surface area contributed by atoms with Gasteiger partial charge in [-0.25, -0.2) is 0 Å². The molecule has 520 valence electrons. The lowest BCUT2D eigenvalue weighted by molar-refractivity contribution is 0.474. The Bertz CT molecular complexity index is 2900. The fourth-order valence-electron chi connectivity index (χ4n) is 21.1. The van der Waals surface area contributed by atoms with Crippen LogP contribution in [0.3, 0.4) is 0 Å². The highest BCUT2D eigenvalue weighted by Crippen LogP contribution is 2.50. The van der Waals surface area contributed by atoms with Crippen molar-refractivity contribution in [1.29, 1.82) is 0 Å². The molecule has 6 rings (SSSR count). The Morgan fingerprint density at radius 3 is 0.389 bits per heavy atom. The van der Waals surface area contributed by atoms with Crippen molar-refractivity contribution in [2.45, 2.75) is 291 Å². The third kappa shape index (κ3) is 13.8. The molecule has 95 heavy (non-hydrogen) atoms. The Morgan fingerprint density at radius 1 is 0.189 bits per heavy atom. The molecule has 0 unspecified atom stereocenters. The minimum Gasteiger partial charge on any atom is -0.505 e. The second-order valence-corrected chi connectivity index (χ2v) is 62.5. The van der Waals surface area contributed by atoms with Gasteiger partial charge in [0.05, 0.1) is 40.4 Å². The number of phenolic OH excluding ortho intramolecular Hbond substituents is 5. The van der Waals surface area contributed by atoms with Gasteiger partial charge < -0.3 is 25.5 Å². The van der Waals surface area contributed by atoms with Gasteiger partial charge in [0.25, 0.3) is 0 Å². The molecule has 1 aliphatic heterocycles. The van der Waals surface area contributed by atoms with Crippen LogP contribution in [0.4, 0.5) is 28.4 Å². The Hall–Kier alpha value is -5.47. The first-order valence-corrected chi connectivity index (χ1v) is 47.3. The van der Waals surface area contributed by atoms with E-state index in [9.17, 15) is 25.5 Å². The number of rotatable bonds is 20. The van der Waals surface area contributed by atoms with Gasteiger partial charge in [-0.05, 0) is 113 Å². The largest absolute Gasteiger partial charge is 0.505 e. The van der Waals surface area contributed by atoms with Crippen molar-refractivity contribution < 1.29 is 25.5 Å². The van der Waals surface area contributed by atoms with Gasteiger partial charge in [-0.2, -0.15) is 0 Å². The Morgan fingerprint density at radius 2 is 0.295 bits per heavy atom. The molecular formula is C80H125N5O5Si5. The summed E-state index contributed by atoms with van der Waals surface area (Å²) >= 11 is 0. The Kier molecular flexibility index (Phi) is 25.1. The van der Waals surface area contributed by atoms with Crippen LogP contribution in [0.2, 0.25) is 83.1 Å². The first-order valence-electron chi connectivity index (χ1n) is 36.1. The Labute approximate surface area is 580 Å². The van der Waals surface area contributed by atoms with E-state index in [2.05, 4.69) is 268 Å². The van der Waals surface area contributed by atoms with Gasteiger partial charge in [-0.1, -0.05) is 264 Å². The molecule has 5 aromatic rings. The van der Waals surface area contributed by atoms with Crippen molar-refractivity contribution in [3.63, 3.8) is 0 Å². The molecule has 10 nitrogen and oxygen atoms in total. The molecule has 0 saturated heterocycles. The normalized spacial score (nSPS) is 14.2. The summed E-state index contributed by atoms with van der Waals surface area (Å²) in [5.41, 5.74) is 8.73. The first-order chi connectivity index (χ1) is 44.1. The lowest BCUT2D eigenvalue weighted by atomic mass is 10.1. The molecule has 5 aromatic carbocycles. The maximum Gasteiger partial charge on any atom is 0.149 e. The van der Waals surface area contributed by atoms with E-state index in [0.29, 0.717) is 139 Å². The fourth-order valence-corrected chi connectivity index (χ4v) is 55.1. The van der Waals surface area contributed by atoms with Crippen molar-refractivity contribution in [3.8, 4) is 28.7 Å². The second kappa shape index (κ2) is 30.3.